The van der Waals surface area contributed by atoms with E-state index in [1.165, 1.54) is 32.1 Å². The molecule has 1 aromatic rings. The van der Waals surface area contributed by atoms with Crippen molar-refractivity contribution in [1.29, 1.82) is 0 Å². The standard InChI is InChI=1S/C12H21N5/c1-2-17(9-6-4-3-5-7-9)11-8-10(13)15-12(14)16-11/h8-9H,2-7H2,1H3,(H4,13,14,15,16). The molecule has 17 heavy (non-hydrogen) atoms. The van der Waals surface area contributed by atoms with Gasteiger partial charge in [-0.15, -0.1) is 0 Å². The van der Waals surface area contributed by atoms with E-state index in [9.17, 15) is 0 Å². The van der Waals surface area contributed by atoms with E-state index in [4.69, 9.17) is 11.5 Å². The molecule has 0 aromatic carbocycles. The predicted molar refractivity (Wildman–Crippen MR) is 70.7 cm³/mol. The Morgan fingerprint density at radius 3 is 2.53 bits per heavy atom. The number of hydrogen-bond acceptors (Lipinski definition) is 5. The molecule has 0 atom stereocenters. The Morgan fingerprint density at radius 1 is 1.24 bits per heavy atom. The van der Waals surface area contributed by atoms with Gasteiger partial charge < -0.3 is 16.4 Å². The number of rotatable bonds is 3. The zero-order valence-corrected chi connectivity index (χ0v) is 10.4. The third kappa shape index (κ3) is 2.78. The normalized spacial score (nSPS) is 17.0. The largest absolute Gasteiger partial charge is 0.383 e. The fourth-order valence-corrected chi connectivity index (χ4v) is 2.62. The van der Waals surface area contributed by atoms with Crippen LogP contribution in [0.2, 0.25) is 0 Å². The van der Waals surface area contributed by atoms with Crippen molar-refractivity contribution in [2.45, 2.75) is 45.1 Å². The molecule has 1 aromatic heterocycles. The van der Waals surface area contributed by atoms with Gasteiger partial charge in [0.15, 0.2) is 0 Å². The van der Waals surface area contributed by atoms with Crippen LogP contribution in [0, 0.1) is 0 Å². The number of hydrogen-bond donors (Lipinski definition) is 2. The number of nitrogen functional groups attached to an aromatic ring is 2. The number of anilines is 3. The monoisotopic (exact) mass is 235 g/mol. The maximum atomic E-state index is 5.72. The van der Waals surface area contributed by atoms with Gasteiger partial charge in [-0.3, -0.25) is 0 Å². The zero-order valence-electron chi connectivity index (χ0n) is 10.4. The van der Waals surface area contributed by atoms with Gasteiger partial charge in [0.05, 0.1) is 0 Å². The molecule has 1 fully saturated rings. The van der Waals surface area contributed by atoms with Crippen molar-refractivity contribution in [3.8, 4) is 0 Å². The molecule has 1 aliphatic rings. The Hall–Kier alpha value is -1.52. The van der Waals surface area contributed by atoms with Gasteiger partial charge in [0.2, 0.25) is 5.95 Å². The molecule has 0 unspecified atom stereocenters. The van der Waals surface area contributed by atoms with E-state index < -0.39 is 0 Å². The van der Waals surface area contributed by atoms with Crippen LogP contribution in [0.3, 0.4) is 0 Å². The summed E-state index contributed by atoms with van der Waals surface area (Å²) in [5, 5.41) is 0. The van der Waals surface area contributed by atoms with Crippen molar-refractivity contribution in [1.82, 2.24) is 9.97 Å². The predicted octanol–water partition coefficient (Wildman–Crippen LogP) is 1.80. The minimum Gasteiger partial charge on any atom is -0.383 e. The Balaban J connectivity index is 2.21. The Morgan fingerprint density at radius 2 is 1.94 bits per heavy atom. The molecule has 0 amide bonds. The third-order valence-corrected chi connectivity index (χ3v) is 3.40. The van der Waals surface area contributed by atoms with Crippen molar-refractivity contribution in [3.63, 3.8) is 0 Å². The van der Waals surface area contributed by atoms with Crippen LogP contribution < -0.4 is 16.4 Å². The van der Waals surface area contributed by atoms with E-state index in [0.29, 0.717) is 11.9 Å². The van der Waals surface area contributed by atoms with Crippen molar-refractivity contribution in [3.05, 3.63) is 6.07 Å². The molecule has 0 saturated heterocycles. The van der Waals surface area contributed by atoms with Gasteiger partial charge in [0, 0.05) is 18.7 Å². The smallest absolute Gasteiger partial charge is 0.223 e. The highest BCUT2D eigenvalue weighted by Gasteiger charge is 2.21. The maximum Gasteiger partial charge on any atom is 0.223 e. The van der Waals surface area contributed by atoms with Crippen LogP contribution in [0.5, 0.6) is 0 Å². The van der Waals surface area contributed by atoms with Crippen molar-refractivity contribution in [2.24, 2.45) is 0 Å². The van der Waals surface area contributed by atoms with Gasteiger partial charge in [-0.25, -0.2) is 0 Å². The molecule has 0 aliphatic heterocycles. The van der Waals surface area contributed by atoms with Crippen molar-refractivity contribution < 1.29 is 0 Å². The van der Waals surface area contributed by atoms with Gasteiger partial charge in [-0.2, -0.15) is 9.97 Å². The molecular formula is C12H21N5. The number of nitrogens with two attached hydrogens (primary N) is 2. The van der Waals surface area contributed by atoms with E-state index >= 15 is 0 Å². The molecule has 0 spiro atoms. The second-order valence-electron chi connectivity index (χ2n) is 4.59. The highest BCUT2D eigenvalue weighted by Crippen LogP contribution is 2.26. The summed E-state index contributed by atoms with van der Waals surface area (Å²) in [4.78, 5) is 10.5. The summed E-state index contributed by atoms with van der Waals surface area (Å²) in [7, 11) is 0. The fourth-order valence-electron chi connectivity index (χ4n) is 2.62. The van der Waals surface area contributed by atoms with Crippen molar-refractivity contribution >= 4 is 17.6 Å². The first-order chi connectivity index (χ1) is 8.20. The lowest BCUT2D eigenvalue weighted by Crippen LogP contribution is -2.37. The van der Waals surface area contributed by atoms with Crippen LogP contribution >= 0.6 is 0 Å². The number of nitrogens with zero attached hydrogens (tertiary/aromatic N) is 3. The average molecular weight is 235 g/mol. The number of aromatic nitrogens is 2. The molecule has 4 N–H and O–H groups in total. The third-order valence-electron chi connectivity index (χ3n) is 3.40. The molecule has 0 radical (unpaired) electrons. The summed E-state index contributed by atoms with van der Waals surface area (Å²) in [5.74, 6) is 1.57. The molecular weight excluding hydrogens is 214 g/mol. The van der Waals surface area contributed by atoms with Gasteiger partial charge in [-0.05, 0) is 19.8 Å². The van der Waals surface area contributed by atoms with Gasteiger partial charge in [-0.1, -0.05) is 19.3 Å². The highest BCUT2D eigenvalue weighted by atomic mass is 15.2. The van der Waals surface area contributed by atoms with Crippen LogP contribution in [0.1, 0.15) is 39.0 Å². The van der Waals surface area contributed by atoms with E-state index in [1.54, 1.807) is 0 Å². The molecule has 5 heteroatoms. The summed E-state index contributed by atoms with van der Waals surface area (Å²) in [6.45, 7) is 3.07. The Kier molecular flexibility index (Phi) is 3.66. The minimum absolute atomic E-state index is 0.259. The van der Waals surface area contributed by atoms with Gasteiger partial charge in [0.1, 0.15) is 11.6 Å². The van der Waals surface area contributed by atoms with E-state index in [0.717, 1.165) is 12.4 Å². The zero-order chi connectivity index (χ0) is 12.3. The second kappa shape index (κ2) is 5.21. The van der Waals surface area contributed by atoms with Crippen LogP contribution in [0.25, 0.3) is 0 Å². The average Bonchev–Trinajstić information content (AvgIpc) is 2.30. The second-order valence-corrected chi connectivity index (χ2v) is 4.59. The maximum absolute atomic E-state index is 5.72. The first-order valence-corrected chi connectivity index (χ1v) is 6.37. The fraction of sp³-hybridized carbons (Fsp3) is 0.667. The highest BCUT2D eigenvalue weighted by molar-refractivity contribution is 5.51. The first kappa shape index (κ1) is 12.0. The topological polar surface area (TPSA) is 81.1 Å². The lowest BCUT2D eigenvalue weighted by molar-refractivity contribution is 0.416. The van der Waals surface area contributed by atoms with E-state index in [-0.39, 0.29) is 5.95 Å². The van der Waals surface area contributed by atoms with Crippen LogP contribution in [-0.4, -0.2) is 22.6 Å². The molecule has 1 saturated carbocycles. The SMILES string of the molecule is CCN(c1cc(N)nc(N)n1)C1CCCCC1. The molecule has 1 heterocycles. The van der Waals surface area contributed by atoms with Gasteiger partial charge >= 0.3 is 0 Å². The summed E-state index contributed by atoms with van der Waals surface area (Å²) >= 11 is 0. The molecule has 94 valence electrons. The Bertz CT molecular complexity index is 353. The summed E-state index contributed by atoms with van der Waals surface area (Å²) in [6.07, 6.45) is 6.42. The molecule has 0 bridgehead atoms. The first-order valence-electron chi connectivity index (χ1n) is 6.37. The quantitative estimate of drug-likeness (QED) is 0.835. The van der Waals surface area contributed by atoms with Crippen LogP contribution in [-0.2, 0) is 0 Å². The summed E-state index contributed by atoms with van der Waals surface area (Å²) in [5.41, 5.74) is 11.4. The lowest BCUT2D eigenvalue weighted by Gasteiger charge is -2.34. The van der Waals surface area contributed by atoms with Crippen LogP contribution in [0.15, 0.2) is 6.07 Å². The molecule has 2 rings (SSSR count). The Labute approximate surface area is 102 Å². The van der Waals surface area contributed by atoms with E-state index in [2.05, 4.69) is 21.8 Å². The summed E-state index contributed by atoms with van der Waals surface area (Å²) in [6, 6.07) is 2.39. The minimum atomic E-state index is 0.259. The summed E-state index contributed by atoms with van der Waals surface area (Å²) < 4.78 is 0. The van der Waals surface area contributed by atoms with Crippen LogP contribution in [0.4, 0.5) is 17.6 Å². The van der Waals surface area contributed by atoms with Gasteiger partial charge in [0.25, 0.3) is 0 Å². The van der Waals surface area contributed by atoms with Crippen molar-refractivity contribution in [2.75, 3.05) is 22.9 Å². The van der Waals surface area contributed by atoms with E-state index in [1.807, 2.05) is 6.07 Å². The lowest BCUT2D eigenvalue weighted by atomic mass is 9.94. The molecule has 1 aliphatic carbocycles. The molecule has 5 nitrogen and oxygen atoms in total.